The minimum atomic E-state index is -0.688. The highest BCUT2D eigenvalue weighted by atomic mass is 16.5. The van der Waals surface area contributed by atoms with Gasteiger partial charge in [-0.2, -0.15) is 0 Å². The van der Waals surface area contributed by atoms with E-state index >= 15 is 0 Å². The molecule has 2 aromatic carbocycles. The molecular formula is C19H19NO6. The standard InChI is InChI=1S/C19H19NO6/c1-23-15-5-4-6-16(11-15)26-14-9-7-13(8-10-14)20-17(19(22)25-3)12-18(21)24-2/h4-12,20H,1-3H3/b17-12+. The molecule has 0 heterocycles. The molecule has 7 nitrogen and oxygen atoms in total. The maximum Gasteiger partial charge on any atom is 0.354 e. The van der Waals surface area contributed by atoms with Gasteiger partial charge in [0.25, 0.3) is 0 Å². The van der Waals surface area contributed by atoms with Crippen LogP contribution >= 0.6 is 0 Å². The fourth-order valence-electron chi connectivity index (χ4n) is 2.00. The lowest BCUT2D eigenvalue weighted by atomic mass is 10.2. The Morgan fingerprint density at radius 1 is 0.885 bits per heavy atom. The Labute approximate surface area is 151 Å². The van der Waals surface area contributed by atoms with E-state index in [9.17, 15) is 9.59 Å². The molecule has 0 saturated carbocycles. The van der Waals surface area contributed by atoms with Crippen LogP contribution in [-0.4, -0.2) is 33.3 Å². The largest absolute Gasteiger partial charge is 0.497 e. The third-order valence-electron chi connectivity index (χ3n) is 3.28. The first-order chi connectivity index (χ1) is 12.5. The molecule has 2 rings (SSSR count). The number of rotatable bonds is 7. The van der Waals surface area contributed by atoms with Crippen molar-refractivity contribution in [3.05, 3.63) is 60.3 Å². The second-order valence-electron chi connectivity index (χ2n) is 5.00. The molecule has 0 spiro atoms. The maximum atomic E-state index is 11.7. The van der Waals surface area contributed by atoms with Crippen LogP contribution in [0.1, 0.15) is 0 Å². The van der Waals surface area contributed by atoms with Gasteiger partial charge in [0.05, 0.1) is 27.4 Å². The van der Waals surface area contributed by atoms with Crippen molar-refractivity contribution in [1.29, 1.82) is 0 Å². The molecule has 0 unspecified atom stereocenters. The van der Waals surface area contributed by atoms with E-state index in [1.165, 1.54) is 14.2 Å². The maximum absolute atomic E-state index is 11.7. The fourth-order valence-corrected chi connectivity index (χ4v) is 2.00. The van der Waals surface area contributed by atoms with Crippen LogP contribution in [0, 0.1) is 0 Å². The first-order valence-electron chi connectivity index (χ1n) is 7.62. The number of benzene rings is 2. The van der Waals surface area contributed by atoms with Crippen LogP contribution in [0.3, 0.4) is 0 Å². The van der Waals surface area contributed by atoms with Crippen molar-refractivity contribution in [3.8, 4) is 17.2 Å². The Kier molecular flexibility index (Phi) is 6.61. The van der Waals surface area contributed by atoms with Crippen LogP contribution < -0.4 is 14.8 Å². The molecule has 136 valence electrons. The average molecular weight is 357 g/mol. The van der Waals surface area contributed by atoms with Gasteiger partial charge in [-0.15, -0.1) is 0 Å². The van der Waals surface area contributed by atoms with E-state index < -0.39 is 11.9 Å². The smallest absolute Gasteiger partial charge is 0.354 e. The summed E-state index contributed by atoms with van der Waals surface area (Å²) in [5, 5.41) is 2.81. The topological polar surface area (TPSA) is 83.1 Å². The molecule has 0 saturated heterocycles. The summed E-state index contributed by atoms with van der Waals surface area (Å²) in [6.07, 6.45) is 1.02. The number of nitrogens with one attached hydrogen (secondary N) is 1. The lowest BCUT2D eigenvalue weighted by Gasteiger charge is -2.11. The summed E-state index contributed by atoms with van der Waals surface area (Å²) >= 11 is 0. The molecule has 0 aromatic heterocycles. The zero-order valence-corrected chi connectivity index (χ0v) is 14.6. The second-order valence-corrected chi connectivity index (χ2v) is 5.00. The molecule has 1 N–H and O–H groups in total. The van der Waals surface area contributed by atoms with E-state index in [0.29, 0.717) is 22.9 Å². The minimum Gasteiger partial charge on any atom is -0.497 e. The molecule has 26 heavy (non-hydrogen) atoms. The van der Waals surface area contributed by atoms with Crippen molar-refractivity contribution in [1.82, 2.24) is 0 Å². The third kappa shape index (κ3) is 5.27. The Bertz CT molecular complexity index is 798. The van der Waals surface area contributed by atoms with Gasteiger partial charge >= 0.3 is 11.9 Å². The fraction of sp³-hybridized carbons (Fsp3) is 0.158. The van der Waals surface area contributed by atoms with Gasteiger partial charge in [-0.05, 0) is 36.4 Å². The van der Waals surface area contributed by atoms with Crippen LogP contribution in [0.25, 0.3) is 0 Å². The molecule has 0 amide bonds. The zero-order chi connectivity index (χ0) is 18.9. The molecular weight excluding hydrogens is 338 g/mol. The van der Waals surface area contributed by atoms with Crippen molar-refractivity contribution in [2.75, 3.05) is 26.6 Å². The van der Waals surface area contributed by atoms with Crippen LogP contribution in [0.15, 0.2) is 60.3 Å². The highest BCUT2D eigenvalue weighted by molar-refractivity contribution is 5.98. The van der Waals surface area contributed by atoms with Crippen molar-refractivity contribution >= 4 is 17.6 Å². The molecule has 0 fully saturated rings. The third-order valence-corrected chi connectivity index (χ3v) is 3.28. The number of esters is 2. The van der Waals surface area contributed by atoms with E-state index in [2.05, 4.69) is 14.8 Å². The number of ether oxygens (including phenoxy) is 4. The van der Waals surface area contributed by atoms with Gasteiger partial charge in [-0.1, -0.05) is 6.07 Å². The van der Waals surface area contributed by atoms with Crippen LogP contribution in [0.5, 0.6) is 17.2 Å². The second kappa shape index (κ2) is 9.12. The van der Waals surface area contributed by atoms with Gasteiger partial charge in [0.1, 0.15) is 22.9 Å². The van der Waals surface area contributed by atoms with Gasteiger partial charge in [-0.25, -0.2) is 9.59 Å². The molecule has 0 aliphatic rings. The predicted octanol–water partition coefficient (Wildman–Crippen LogP) is 3.13. The predicted molar refractivity (Wildman–Crippen MR) is 95.2 cm³/mol. The summed E-state index contributed by atoms with van der Waals surface area (Å²) < 4.78 is 20.1. The van der Waals surface area contributed by atoms with Gasteiger partial charge in [0.15, 0.2) is 0 Å². The Balaban J connectivity index is 2.11. The summed E-state index contributed by atoms with van der Waals surface area (Å²) in [4.78, 5) is 23.1. The van der Waals surface area contributed by atoms with Crippen LogP contribution in [0.2, 0.25) is 0 Å². The number of anilines is 1. The van der Waals surface area contributed by atoms with Crippen molar-refractivity contribution < 1.29 is 28.5 Å². The number of carbonyl (C=O) groups excluding carboxylic acids is 2. The van der Waals surface area contributed by atoms with Gasteiger partial charge in [0.2, 0.25) is 0 Å². The van der Waals surface area contributed by atoms with E-state index in [1.54, 1.807) is 37.4 Å². The summed E-state index contributed by atoms with van der Waals surface area (Å²) in [7, 11) is 4.03. The normalized spacial score (nSPS) is 10.7. The number of hydrogen-bond donors (Lipinski definition) is 1. The van der Waals surface area contributed by atoms with E-state index in [0.717, 1.165) is 6.08 Å². The molecule has 2 aromatic rings. The highest BCUT2D eigenvalue weighted by Crippen LogP contribution is 2.26. The molecule has 0 radical (unpaired) electrons. The number of carbonyl (C=O) groups is 2. The zero-order valence-electron chi connectivity index (χ0n) is 14.6. The van der Waals surface area contributed by atoms with Crippen molar-refractivity contribution in [3.63, 3.8) is 0 Å². The monoisotopic (exact) mass is 357 g/mol. The Morgan fingerprint density at radius 3 is 2.19 bits per heavy atom. The van der Waals surface area contributed by atoms with Gasteiger partial charge in [0, 0.05) is 11.8 Å². The lowest BCUT2D eigenvalue weighted by Crippen LogP contribution is -2.15. The van der Waals surface area contributed by atoms with E-state index in [4.69, 9.17) is 9.47 Å². The molecule has 0 aliphatic carbocycles. The Morgan fingerprint density at radius 2 is 1.58 bits per heavy atom. The molecule has 0 bridgehead atoms. The summed E-state index contributed by atoms with van der Waals surface area (Å²) in [6.45, 7) is 0. The van der Waals surface area contributed by atoms with Crippen molar-refractivity contribution in [2.24, 2.45) is 0 Å². The molecule has 7 heteroatoms. The van der Waals surface area contributed by atoms with Crippen LogP contribution in [-0.2, 0) is 19.1 Å². The lowest BCUT2D eigenvalue weighted by molar-refractivity contribution is -0.138. The molecule has 0 aliphatic heterocycles. The van der Waals surface area contributed by atoms with Crippen LogP contribution in [0.4, 0.5) is 5.69 Å². The number of hydrogen-bond acceptors (Lipinski definition) is 7. The highest BCUT2D eigenvalue weighted by Gasteiger charge is 2.12. The first-order valence-corrected chi connectivity index (χ1v) is 7.62. The van der Waals surface area contributed by atoms with Crippen molar-refractivity contribution in [2.45, 2.75) is 0 Å². The SMILES string of the molecule is COC(=O)/C=C(/Nc1ccc(Oc2cccc(OC)c2)cc1)C(=O)OC. The first kappa shape index (κ1) is 18.9. The average Bonchev–Trinajstić information content (AvgIpc) is 2.68. The van der Waals surface area contributed by atoms with Gasteiger partial charge in [-0.3, -0.25) is 0 Å². The van der Waals surface area contributed by atoms with Gasteiger partial charge < -0.3 is 24.3 Å². The summed E-state index contributed by atoms with van der Waals surface area (Å²) in [5.74, 6) is 0.561. The van der Waals surface area contributed by atoms with E-state index in [-0.39, 0.29) is 5.70 Å². The quantitative estimate of drug-likeness (QED) is 0.602. The Hall–Kier alpha value is -3.48. The molecule has 0 atom stereocenters. The minimum absolute atomic E-state index is 0.0409. The summed E-state index contributed by atoms with van der Waals surface area (Å²) in [6, 6.07) is 14.0. The number of methoxy groups -OCH3 is 3. The van der Waals surface area contributed by atoms with E-state index in [1.807, 2.05) is 18.2 Å². The summed E-state index contributed by atoms with van der Waals surface area (Å²) in [5.41, 5.74) is 0.532.